The highest BCUT2D eigenvalue weighted by molar-refractivity contribution is 7.07. The van der Waals surface area contributed by atoms with Crippen molar-refractivity contribution in [2.24, 2.45) is 4.99 Å². The number of hydrogen-bond acceptors (Lipinski definition) is 10. The number of aromatic hydroxyl groups is 1. The standard InChI is InChI=1S/C26H22N2O8S/c1-4-33-25(32)22-13(2)27-26-28(23(22)16-6-8-18-20(11-16)35-12-34-18)24(31)21(37-26)10-15-5-7-17(30)19(9-15)36-14(3)29/h5-11,23,30H,4,12H2,1-3H3/b21-10-. The molecule has 5 rings (SSSR count). The molecule has 0 aliphatic carbocycles. The lowest BCUT2D eigenvalue weighted by atomic mass is 9.95. The number of nitrogens with zero attached hydrogens (tertiary/aromatic N) is 2. The van der Waals surface area contributed by atoms with Gasteiger partial charge >= 0.3 is 11.9 Å². The van der Waals surface area contributed by atoms with Crippen molar-refractivity contribution < 1.29 is 33.6 Å². The van der Waals surface area contributed by atoms with Crippen molar-refractivity contribution in [1.82, 2.24) is 4.57 Å². The summed E-state index contributed by atoms with van der Waals surface area (Å²) in [5, 5.41) is 9.98. The molecule has 37 heavy (non-hydrogen) atoms. The predicted octanol–water partition coefficient (Wildman–Crippen LogP) is 2.16. The largest absolute Gasteiger partial charge is 0.504 e. The molecule has 1 aromatic heterocycles. The molecule has 3 heterocycles. The normalized spacial score (nSPS) is 16.3. The number of aromatic nitrogens is 1. The van der Waals surface area contributed by atoms with Crippen LogP contribution in [0.3, 0.4) is 0 Å². The molecule has 0 amide bonds. The molecule has 0 fully saturated rings. The Morgan fingerprint density at radius 2 is 2.00 bits per heavy atom. The minimum absolute atomic E-state index is 0.0206. The second-order valence-electron chi connectivity index (χ2n) is 8.24. The first-order valence-electron chi connectivity index (χ1n) is 11.4. The van der Waals surface area contributed by atoms with Gasteiger partial charge in [0.15, 0.2) is 27.8 Å². The lowest BCUT2D eigenvalue weighted by Gasteiger charge is -2.24. The molecule has 10 nitrogen and oxygen atoms in total. The number of rotatable bonds is 5. The van der Waals surface area contributed by atoms with Crippen molar-refractivity contribution in [2.45, 2.75) is 26.8 Å². The van der Waals surface area contributed by atoms with Crippen molar-refractivity contribution in [1.29, 1.82) is 0 Å². The first kappa shape index (κ1) is 24.3. The van der Waals surface area contributed by atoms with Gasteiger partial charge in [0.05, 0.1) is 28.5 Å². The van der Waals surface area contributed by atoms with Gasteiger partial charge in [-0.3, -0.25) is 14.2 Å². The predicted molar refractivity (Wildman–Crippen MR) is 132 cm³/mol. The van der Waals surface area contributed by atoms with Gasteiger partial charge in [-0.15, -0.1) is 0 Å². The summed E-state index contributed by atoms with van der Waals surface area (Å²) in [6.07, 6.45) is 1.61. The lowest BCUT2D eigenvalue weighted by Crippen LogP contribution is -2.39. The molecule has 2 aliphatic heterocycles. The number of phenols is 1. The first-order chi connectivity index (χ1) is 17.8. The highest BCUT2D eigenvalue weighted by Gasteiger charge is 2.34. The zero-order chi connectivity index (χ0) is 26.3. The average molecular weight is 523 g/mol. The molecule has 1 unspecified atom stereocenters. The van der Waals surface area contributed by atoms with Crippen LogP contribution in [0.15, 0.2) is 57.5 Å². The number of carbonyl (C=O) groups excluding carboxylic acids is 2. The Hall–Kier alpha value is -4.38. The van der Waals surface area contributed by atoms with E-state index in [0.29, 0.717) is 37.7 Å². The van der Waals surface area contributed by atoms with E-state index in [1.807, 2.05) is 0 Å². The van der Waals surface area contributed by atoms with Crippen LogP contribution in [0.4, 0.5) is 0 Å². The van der Waals surface area contributed by atoms with Gasteiger partial charge < -0.3 is 24.1 Å². The molecule has 2 aromatic carbocycles. The summed E-state index contributed by atoms with van der Waals surface area (Å²) in [5.41, 5.74) is 1.48. The number of allylic oxidation sites excluding steroid dienone is 1. The van der Waals surface area contributed by atoms with Gasteiger partial charge in [0, 0.05) is 6.92 Å². The summed E-state index contributed by atoms with van der Waals surface area (Å²) in [5.74, 6) is -0.285. The van der Waals surface area contributed by atoms with Crippen LogP contribution >= 0.6 is 11.3 Å². The van der Waals surface area contributed by atoms with E-state index in [2.05, 4.69) is 4.99 Å². The monoisotopic (exact) mass is 522 g/mol. The van der Waals surface area contributed by atoms with Crippen molar-refractivity contribution in [2.75, 3.05) is 13.4 Å². The number of thiazole rings is 1. The number of hydrogen-bond donors (Lipinski definition) is 1. The summed E-state index contributed by atoms with van der Waals surface area (Å²) >= 11 is 1.15. The molecule has 1 N–H and O–H groups in total. The van der Waals surface area contributed by atoms with Crippen LogP contribution in [0.25, 0.3) is 6.08 Å². The van der Waals surface area contributed by atoms with Gasteiger partial charge in [-0.1, -0.05) is 23.5 Å². The average Bonchev–Trinajstić information content (AvgIpc) is 3.44. The maximum absolute atomic E-state index is 13.7. The Bertz CT molecular complexity index is 1650. The molecule has 3 aromatic rings. The molecule has 0 radical (unpaired) electrons. The third-order valence-electron chi connectivity index (χ3n) is 5.76. The van der Waals surface area contributed by atoms with E-state index in [9.17, 15) is 19.5 Å². The molecule has 190 valence electrons. The summed E-state index contributed by atoms with van der Waals surface area (Å²) in [7, 11) is 0. The van der Waals surface area contributed by atoms with Crippen LogP contribution in [-0.2, 0) is 14.3 Å². The zero-order valence-electron chi connectivity index (χ0n) is 20.1. The Balaban J connectivity index is 1.68. The van der Waals surface area contributed by atoms with Gasteiger partial charge in [0.2, 0.25) is 6.79 Å². The van der Waals surface area contributed by atoms with Crippen LogP contribution in [0, 0.1) is 0 Å². The summed E-state index contributed by atoms with van der Waals surface area (Å²) in [6.45, 7) is 4.89. The van der Waals surface area contributed by atoms with E-state index >= 15 is 0 Å². The van der Waals surface area contributed by atoms with Crippen LogP contribution in [0.2, 0.25) is 0 Å². The van der Waals surface area contributed by atoms with E-state index in [-0.39, 0.29) is 36.0 Å². The van der Waals surface area contributed by atoms with Crippen LogP contribution < -0.4 is 29.1 Å². The summed E-state index contributed by atoms with van der Waals surface area (Å²) in [4.78, 5) is 43.0. The highest BCUT2D eigenvalue weighted by Crippen LogP contribution is 2.38. The summed E-state index contributed by atoms with van der Waals surface area (Å²) in [6, 6.07) is 8.87. The van der Waals surface area contributed by atoms with E-state index < -0.39 is 18.0 Å². The Labute approximate surface area is 214 Å². The van der Waals surface area contributed by atoms with E-state index in [1.54, 1.807) is 44.2 Å². The number of carbonyl (C=O) groups is 2. The fraction of sp³-hybridized carbons (Fsp3) is 0.231. The molecule has 0 bridgehead atoms. The zero-order valence-corrected chi connectivity index (χ0v) is 21.0. The molecular formula is C26H22N2O8S. The molecule has 0 saturated carbocycles. The smallest absolute Gasteiger partial charge is 0.338 e. The highest BCUT2D eigenvalue weighted by atomic mass is 32.1. The number of esters is 2. The van der Waals surface area contributed by atoms with Crippen molar-refractivity contribution in [3.63, 3.8) is 0 Å². The van der Waals surface area contributed by atoms with Crippen molar-refractivity contribution >= 4 is 29.4 Å². The molecule has 2 aliphatic rings. The number of phenolic OH excluding ortho intramolecular Hbond substituents is 1. The van der Waals surface area contributed by atoms with Crippen molar-refractivity contribution in [3.8, 4) is 23.0 Å². The number of benzene rings is 2. The van der Waals surface area contributed by atoms with Crippen molar-refractivity contribution in [3.05, 3.63) is 78.5 Å². The maximum atomic E-state index is 13.7. The Morgan fingerprint density at radius 1 is 1.22 bits per heavy atom. The van der Waals surface area contributed by atoms with E-state index in [1.165, 1.54) is 23.6 Å². The first-order valence-corrected chi connectivity index (χ1v) is 12.2. The minimum Gasteiger partial charge on any atom is -0.504 e. The molecule has 0 spiro atoms. The van der Waals surface area contributed by atoms with Gasteiger partial charge in [-0.05, 0) is 55.3 Å². The van der Waals surface area contributed by atoms with Gasteiger partial charge in [0.1, 0.15) is 0 Å². The molecular weight excluding hydrogens is 500 g/mol. The van der Waals surface area contributed by atoms with Gasteiger partial charge in [-0.2, -0.15) is 0 Å². The fourth-order valence-corrected chi connectivity index (χ4v) is 5.25. The molecule has 1 atom stereocenters. The Kier molecular flexibility index (Phi) is 6.30. The van der Waals surface area contributed by atoms with Gasteiger partial charge in [-0.25, -0.2) is 9.79 Å². The second kappa shape index (κ2) is 9.58. The third-order valence-corrected chi connectivity index (χ3v) is 6.75. The SMILES string of the molecule is CCOC(=O)C1=C(C)N=c2s/c(=C\c3ccc(O)c(OC(C)=O)c3)c(=O)n2C1c1ccc2c(c1)OCO2. The minimum atomic E-state index is -0.802. The maximum Gasteiger partial charge on any atom is 0.338 e. The van der Waals surface area contributed by atoms with Crippen LogP contribution in [0.5, 0.6) is 23.0 Å². The van der Waals surface area contributed by atoms with Crippen LogP contribution in [0.1, 0.15) is 37.9 Å². The fourth-order valence-electron chi connectivity index (χ4n) is 4.20. The Morgan fingerprint density at radius 3 is 2.76 bits per heavy atom. The topological polar surface area (TPSA) is 126 Å². The summed E-state index contributed by atoms with van der Waals surface area (Å²) < 4.78 is 23.1. The molecule has 0 saturated heterocycles. The van der Waals surface area contributed by atoms with Gasteiger partial charge in [0.25, 0.3) is 5.56 Å². The quantitative estimate of drug-likeness (QED) is 0.399. The molecule has 11 heteroatoms. The van der Waals surface area contributed by atoms with E-state index in [0.717, 1.165) is 11.3 Å². The number of fused-ring (bicyclic) bond motifs is 2. The second-order valence-corrected chi connectivity index (χ2v) is 9.24. The van der Waals surface area contributed by atoms with E-state index in [4.69, 9.17) is 18.9 Å². The van der Waals surface area contributed by atoms with Crippen LogP contribution in [-0.4, -0.2) is 35.0 Å². The lowest BCUT2D eigenvalue weighted by molar-refractivity contribution is -0.139. The number of ether oxygens (including phenoxy) is 4. The third kappa shape index (κ3) is 4.49.